The van der Waals surface area contributed by atoms with Crippen molar-refractivity contribution in [3.63, 3.8) is 0 Å². The Morgan fingerprint density at radius 2 is 2.21 bits per heavy atom. The van der Waals surface area contributed by atoms with Crippen LogP contribution in [0.4, 0.5) is 4.79 Å². The second-order valence-corrected chi connectivity index (χ2v) is 5.96. The Balaban J connectivity index is 1.48. The van der Waals surface area contributed by atoms with Crippen LogP contribution in [0.2, 0.25) is 0 Å². The molecule has 0 aliphatic carbocycles. The standard InChI is InChI=1S/C17H22N4O3/c1-13(10-21-9-5-8-18-21)19-17(22)20(2)11-14-12-23-15-6-3-4-7-16(15)24-14/h3-9,13-14H,10-12H2,1-2H3,(H,19,22)/t13-,14-/m1/s1. The van der Waals surface area contributed by atoms with Gasteiger partial charge in [-0.2, -0.15) is 5.10 Å². The fourth-order valence-corrected chi connectivity index (χ4v) is 2.60. The summed E-state index contributed by atoms with van der Waals surface area (Å²) in [5, 5.41) is 7.09. The van der Waals surface area contributed by atoms with Gasteiger partial charge in [0.25, 0.3) is 0 Å². The average molecular weight is 330 g/mol. The molecule has 3 rings (SSSR count). The lowest BCUT2D eigenvalue weighted by Gasteiger charge is -2.30. The molecule has 1 aliphatic heterocycles. The van der Waals surface area contributed by atoms with Crippen molar-refractivity contribution < 1.29 is 14.3 Å². The number of likely N-dealkylation sites (N-methyl/N-ethyl adjacent to an activating group) is 1. The maximum atomic E-state index is 12.3. The second-order valence-electron chi connectivity index (χ2n) is 5.96. The third-order valence-electron chi connectivity index (χ3n) is 3.78. The predicted molar refractivity (Wildman–Crippen MR) is 89.2 cm³/mol. The van der Waals surface area contributed by atoms with Crippen molar-refractivity contribution in [2.75, 3.05) is 20.2 Å². The first-order chi connectivity index (χ1) is 11.6. The molecule has 0 unspecified atom stereocenters. The minimum absolute atomic E-state index is 0.0240. The Hall–Kier alpha value is -2.70. The molecule has 0 bridgehead atoms. The molecule has 0 saturated heterocycles. The first-order valence-corrected chi connectivity index (χ1v) is 7.99. The monoisotopic (exact) mass is 330 g/mol. The maximum Gasteiger partial charge on any atom is 0.317 e. The quantitative estimate of drug-likeness (QED) is 0.907. The van der Waals surface area contributed by atoms with Crippen molar-refractivity contribution in [2.24, 2.45) is 0 Å². The minimum Gasteiger partial charge on any atom is -0.486 e. The van der Waals surface area contributed by atoms with Crippen LogP contribution in [0.3, 0.4) is 0 Å². The zero-order chi connectivity index (χ0) is 16.9. The highest BCUT2D eigenvalue weighted by atomic mass is 16.6. The molecule has 1 aromatic carbocycles. The smallest absolute Gasteiger partial charge is 0.317 e. The SMILES string of the molecule is C[C@H](Cn1cccn1)NC(=O)N(C)C[C@@H]1COc2ccccc2O1. The Bertz CT molecular complexity index is 674. The van der Waals surface area contributed by atoms with Crippen molar-refractivity contribution in [1.82, 2.24) is 20.0 Å². The number of amides is 2. The lowest BCUT2D eigenvalue weighted by Crippen LogP contribution is -2.48. The third-order valence-corrected chi connectivity index (χ3v) is 3.78. The number of hydrogen-bond donors (Lipinski definition) is 1. The van der Waals surface area contributed by atoms with Gasteiger partial charge in [-0.1, -0.05) is 12.1 Å². The molecular formula is C17H22N4O3. The molecule has 0 saturated carbocycles. The summed E-state index contributed by atoms with van der Waals surface area (Å²) in [5.41, 5.74) is 0. The van der Waals surface area contributed by atoms with Crippen LogP contribution in [0.5, 0.6) is 11.5 Å². The van der Waals surface area contributed by atoms with Gasteiger partial charge in [0.05, 0.1) is 13.1 Å². The highest BCUT2D eigenvalue weighted by Crippen LogP contribution is 2.30. The lowest BCUT2D eigenvalue weighted by molar-refractivity contribution is 0.0712. The van der Waals surface area contributed by atoms with E-state index in [1.54, 1.807) is 22.8 Å². The van der Waals surface area contributed by atoms with Crippen LogP contribution in [-0.4, -0.2) is 53.1 Å². The number of para-hydroxylation sites is 2. The van der Waals surface area contributed by atoms with Crippen LogP contribution >= 0.6 is 0 Å². The molecule has 1 aliphatic rings. The molecule has 128 valence electrons. The number of nitrogens with zero attached hydrogens (tertiary/aromatic N) is 3. The molecule has 0 radical (unpaired) electrons. The summed E-state index contributed by atoms with van der Waals surface area (Å²) in [4.78, 5) is 13.9. The van der Waals surface area contributed by atoms with E-state index >= 15 is 0 Å². The number of ether oxygens (including phenoxy) is 2. The Morgan fingerprint density at radius 3 is 2.96 bits per heavy atom. The highest BCUT2D eigenvalue weighted by molar-refractivity contribution is 5.74. The number of urea groups is 1. The fraction of sp³-hybridized carbons (Fsp3) is 0.412. The maximum absolute atomic E-state index is 12.3. The van der Waals surface area contributed by atoms with E-state index in [9.17, 15) is 4.79 Å². The molecule has 2 aromatic rings. The van der Waals surface area contributed by atoms with Gasteiger partial charge in [0.15, 0.2) is 17.6 Å². The molecular weight excluding hydrogens is 308 g/mol. The van der Waals surface area contributed by atoms with Crippen molar-refractivity contribution in [2.45, 2.75) is 25.6 Å². The van der Waals surface area contributed by atoms with E-state index in [0.29, 0.717) is 19.7 Å². The van der Waals surface area contributed by atoms with Crippen LogP contribution in [0.1, 0.15) is 6.92 Å². The van der Waals surface area contributed by atoms with Gasteiger partial charge in [0.1, 0.15) is 6.61 Å². The Labute approximate surface area is 141 Å². The summed E-state index contributed by atoms with van der Waals surface area (Å²) in [6.45, 7) is 3.46. The summed E-state index contributed by atoms with van der Waals surface area (Å²) >= 11 is 0. The number of rotatable bonds is 5. The number of carbonyl (C=O) groups is 1. The summed E-state index contributed by atoms with van der Waals surface area (Å²) in [7, 11) is 1.75. The molecule has 1 aromatic heterocycles. The van der Waals surface area contributed by atoms with Crippen molar-refractivity contribution >= 4 is 6.03 Å². The summed E-state index contributed by atoms with van der Waals surface area (Å²) < 4.78 is 13.3. The van der Waals surface area contributed by atoms with E-state index in [0.717, 1.165) is 11.5 Å². The van der Waals surface area contributed by atoms with Crippen LogP contribution in [0, 0.1) is 0 Å². The van der Waals surface area contributed by atoms with E-state index in [2.05, 4.69) is 10.4 Å². The number of hydrogen-bond acceptors (Lipinski definition) is 4. The first-order valence-electron chi connectivity index (χ1n) is 7.99. The first kappa shape index (κ1) is 16.2. The zero-order valence-electron chi connectivity index (χ0n) is 13.9. The Morgan fingerprint density at radius 1 is 1.42 bits per heavy atom. The van der Waals surface area contributed by atoms with Crippen molar-refractivity contribution in [3.8, 4) is 11.5 Å². The van der Waals surface area contributed by atoms with Gasteiger partial charge in [-0.25, -0.2) is 4.79 Å². The van der Waals surface area contributed by atoms with Gasteiger partial charge >= 0.3 is 6.03 Å². The molecule has 7 nitrogen and oxygen atoms in total. The molecule has 24 heavy (non-hydrogen) atoms. The summed E-state index contributed by atoms with van der Waals surface area (Å²) in [5.74, 6) is 1.46. The number of fused-ring (bicyclic) bond motifs is 1. The number of benzene rings is 1. The largest absolute Gasteiger partial charge is 0.486 e. The number of nitrogens with one attached hydrogen (secondary N) is 1. The van der Waals surface area contributed by atoms with Crippen LogP contribution in [0.25, 0.3) is 0 Å². The normalized spacial score (nSPS) is 17.2. The van der Waals surface area contributed by atoms with Gasteiger partial charge < -0.3 is 19.7 Å². The van der Waals surface area contributed by atoms with Gasteiger partial charge in [-0.15, -0.1) is 0 Å². The van der Waals surface area contributed by atoms with Crippen LogP contribution in [0.15, 0.2) is 42.7 Å². The Kier molecular flexibility index (Phi) is 4.88. The lowest BCUT2D eigenvalue weighted by atomic mass is 10.2. The summed E-state index contributed by atoms with van der Waals surface area (Å²) in [6.07, 6.45) is 3.41. The van der Waals surface area contributed by atoms with Crippen LogP contribution in [-0.2, 0) is 6.54 Å². The van der Waals surface area contributed by atoms with E-state index < -0.39 is 0 Å². The zero-order valence-corrected chi connectivity index (χ0v) is 13.9. The minimum atomic E-state index is -0.183. The number of carbonyl (C=O) groups excluding carboxylic acids is 1. The topological polar surface area (TPSA) is 68.6 Å². The van der Waals surface area contributed by atoms with Gasteiger partial charge in [0, 0.05) is 25.5 Å². The van der Waals surface area contributed by atoms with Gasteiger partial charge in [0.2, 0.25) is 0 Å². The molecule has 2 amide bonds. The second kappa shape index (κ2) is 7.25. The third kappa shape index (κ3) is 3.98. The number of aromatic nitrogens is 2. The van der Waals surface area contributed by atoms with Gasteiger partial charge in [-0.05, 0) is 25.1 Å². The molecule has 2 atom stereocenters. The highest BCUT2D eigenvalue weighted by Gasteiger charge is 2.24. The van der Waals surface area contributed by atoms with Gasteiger partial charge in [-0.3, -0.25) is 4.68 Å². The van der Waals surface area contributed by atoms with E-state index in [-0.39, 0.29) is 18.2 Å². The molecule has 1 N–H and O–H groups in total. The van der Waals surface area contributed by atoms with E-state index in [4.69, 9.17) is 9.47 Å². The molecule has 0 spiro atoms. The van der Waals surface area contributed by atoms with E-state index in [1.165, 1.54) is 0 Å². The van der Waals surface area contributed by atoms with Crippen molar-refractivity contribution in [1.29, 1.82) is 0 Å². The fourth-order valence-electron chi connectivity index (χ4n) is 2.60. The van der Waals surface area contributed by atoms with E-state index in [1.807, 2.05) is 43.5 Å². The van der Waals surface area contributed by atoms with Crippen LogP contribution < -0.4 is 14.8 Å². The molecule has 2 heterocycles. The molecule has 0 fully saturated rings. The average Bonchev–Trinajstić information content (AvgIpc) is 3.07. The predicted octanol–water partition coefficient (Wildman–Crippen LogP) is 1.75. The summed E-state index contributed by atoms with van der Waals surface area (Å²) in [6, 6.07) is 9.24. The molecule has 7 heteroatoms. The van der Waals surface area contributed by atoms with Crippen molar-refractivity contribution in [3.05, 3.63) is 42.7 Å².